The summed E-state index contributed by atoms with van der Waals surface area (Å²) >= 11 is 0. The molecule has 3 atom stereocenters. The number of aromatic nitrogens is 3. The van der Waals surface area contributed by atoms with Gasteiger partial charge in [0.25, 0.3) is 0 Å². The first kappa shape index (κ1) is 23.8. The van der Waals surface area contributed by atoms with Crippen LogP contribution in [0.1, 0.15) is 19.8 Å². The lowest BCUT2D eigenvalue weighted by atomic mass is 10.0. The molecule has 0 aliphatic carbocycles. The van der Waals surface area contributed by atoms with Gasteiger partial charge in [-0.15, -0.1) is 0 Å². The van der Waals surface area contributed by atoms with Gasteiger partial charge < -0.3 is 25.0 Å². The number of fused-ring (bicyclic) bond motifs is 4. The molecule has 2 N–H and O–H groups in total. The van der Waals surface area contributed by atoms with Gasteiger partial charge >= 0.3 is 6.01 Å². The number of benzene rings is 2. The summed E-state index contributed by atoms with van der Waals surface area (Å²) in [5, 5.41) is 16.1. The number of likely N-dealkylation sites (N-methyl/N-ethyl adjacent to an activating group) is 1. The molecule has 37 heavy (non-hydrogen) atoms. The molecule has 192 valence electrons. The van der Waals surface area contributed by atoms with Crippen molar-refractivity contribution in [1.29, 1.82) is 0 Å². The molecule has 2 unspecified atom stereocenters. The molecule has 2 fully saturated rings. The average molecular weight is 503 g/mol. The lowest BCUT2D eigenvalue weighted by Crippen LogP contribution is -2.51. The molecule has 2 aromatic carbocycles. The van der Waals surface area contributed by atoms with E-state index in [-0.39, 0.29) is 29.1 Å². The third-order valence-corrected chi connectivity index (χ3v) is 7.19. The van der Waals surface area contributed by atoms with Crippen LogP contribution >= 0.6 is 0 Å². The molecular weight excluding hydrogens is 471 g/mol. The maximum absolute atomic E-state index is 16.3. The number of phenols is 1. The Bertz CT molecular complexity index is 1470. The number of hydrogen-bond donors (Lipinski definition) is 2. The minimum atomic E-state index is -0.555. The first-order valence-corrected chi connectivity index (χ1v) is 12.8. The van der Waals surface area contributed by atoms with Gasteiger partial charge in [-0.3, -0.25) is 4.98 Å². The zero-order valence-corrected chi connectivity index (χ0v) is 21.3. The van der Waals surface area contributed by atoms with Gasteiger partial charge in [0.05, 0.1) is 5.39 Å². The van der Waals surface area contributed by atoms with Gasteiger partial charge in [0.15, 0.2) is 5.82 Å². The SMILES string of the molecule is C[C@H](CN(C)C)Oc1nc(N2CC3CCC(C2)N3)c2cnc(-c3cc(O)cc4ccccc34)c(F)c2n1. The van der Waals surface area contributed by atoms with Gasteiger partial charge in [-0.25, -0.2) is 4.39 Å². The van der Waals surface area contributed by atoms with Crippen LogP contribution in [0, 0.1) is 5.82 Å². The van der Waals surface area contributed by atoms with Crippen molar-refractivity contribution < 1.29 is 14.2 Å². The number of anilines is 1. The first-order valence-electron chi connectivity index (χ1n) is 12.8. The third kappa shape index (κ3) is 4.53. The van der Waals surface area contributed by atoms with Crippen molar-refractivity contribution >= 4 is 27.5 Å². The lowest BCUT2D eigenvalue weighted by Gasteiger charge is -2.34. The Balaban J connectivity index is 1.51. The number of nitrogens with one attached hydrogen (secondary N) is 1. The lowest BCUT2D eigenvalue weighted by molar-refractivity contribution is 0.164. The van der Waals surface area contributed by atoms with E-state index in [0.29, 0.717) is 35.4 Å². The molecular formula is C28H31FN6O2. The number of phenolic OH excluding ortho intramolecular Hbond substituents is 1. The summed E-state index contributed by atoms with van der Waals surface area (Å²) in [5.74, 6) is 0.144. The summed E-state index contributed by atoms with van der Waals surface area (Å²) in [7, 11) is 3.94. The average Bonchev–Trinajstić information content (AvgIpc) is 3.20. The molecule has 0 amide bonds. The summed E-state index contributed by atoms with van der Waals surface area (Å²) in [6.45, 7) is 4.20. The Morgan fingerprint density at radius 1 is 1.14 bits per heavy atom. The van der Waals surface area contributed by atoms with Gasteiger partial charge in [0.2, 0.25) is 0 Å². The predicted molar refractivity (Wildman–Crippen MR) is 143 cm³/mol. The van der Waals surface area contributed by atoms with Gasteiger partial charge in [0, 0.05) is 43.5 Å². The van der Waals surface area contributed by atoms with Gasteiger partial charge in [0.1, 0.15) is 28.9 Å². The quantitative estimate of drug-likeness (QED) is 0.410. The zero-order chi connectivity index (χ0) is 25.7. The van der Waals surface area contributed by atoms with Crippen molar-refractivity contribution in [2.24, 2.45) is 0 Å². The van der Waals surface area contributed by atoms with Crippen molar-refractivity contribution in [3.63, 3.8) is 0 Å². The number of nitrogens with zero attached hydrogens (tertiary/aromatic N) is 5. The predicted octanol–water partition coefficient (Wildman–Crippen LogP) is 3.96. The molecule has 6 rings (SSSR count). The maximum Gasteiger partial charge on any atom is 0.319 e. The van der Waals surface area contributed by atoms with E-state index in [1.807, 2.05) is 50.2 Å². The fraction of sp³-hybridized carbons (Fsp3) is 0.393. The number of piperazine rings is 1. The Kier molecular flexibility index (Phi) is 6.04. The summed E-state index contributed by atoms with van der Waals surface area (Å²) in [6, 6.07) is 11.7. The Hall–Kier alpha value is -3.56. The highest BCUT2D eigenvalue weighted by Crippen LogP contribution is 2.37. The van der Waals surface area contributed by atoms with Gasteiger partial charge in [-0.05, 0) is 56.8 Å². The number of aromatic hydroxyl groups is 1. The topological polar surface area (TPSA) is 86.6 Å². The number of ether oxygens (including phenoxy) is 1. The largest absolute Gasteiger partial charge is 0.508 e. The highest BCUT2D eigenvalue weighted by atomic mass is 19.1. The number of pyridine rings is 1. The molecule has 2 aromatic heterocycles. The van der Waals surface area contributed by atoms with Crippen molar-refractivity contribution in [3.05, 3.63) is 48.4 Å². The van der Waals surface area contributed by atoms with Crippen LogP contribution in [0.5, 0.6) is 11.8 Å². The van der Waals surface area contributed by atoms with Crippen molar-refractivity contribution in [2.45, 2.75) is 38.0 Å². The van der Waals surface area contributed by atoms with Crippen LogP contribution in [-0.2, 0) is 0 Å². The number of halogens is 1. The fourth-order valence-corrected chi connectivity index (χ4v) is 5.70. The molecule has 8 nitrogen and oxygen atoms in total. The molecule has 0 saturated carbocycles. The van der Waals surface area contributed by atoms with E-state index in [2.05, 4.69) is 20.2 Å². The highest BCUT2D eigenvalue weighted by Gasteiger charge is 2.34. The van der Waals surface area contributed by atoms with E-state index in [1.54, 1.807) is 18.3 Å². The summed E-state index contributed by atoms with van der Waals surface area (Å²) in [5.41, 5.74) is 0.816. The minimum Gasteiger partial charge on any atom is -0.508 e. The molecule has 2 aliphatic heterocycles. The van der Waals surface area contributed by atoms with E-state index in [1.165, 1.54) is 0 Å². The standard InChI is InChI=1S/C28H31FN6O2/c1-16(13-34(2)3)37-28-32-26-23(27(33-28)35-14-18-8-9-19(15-35)31-18)12-30-25(24(26)29)22-11-20(36)10-17-6-4-5-7-21(17)22/h4-7,10-12,16,18-19,31,36H,8-9,13-15H2,1-3H3/t16-,18?,19?/m1/s1. The molecule has 0 spiro atoms. The van der Waals surface area contributed by atoms with Crippen molar-refractivity contribution in [3.8, 4) is 23.0 Å². The minimum absolute atomic E-state index is 0.0520. The Labute approximate surface area is 215 Å². The summed E-state index contributed by atoms with van der Waals surface area (Å²) in [6.07, 6.45) is 3.71. The Morgan fingerprint density at radius 2 is 1.89 bits per heavy atom. The molecule has 9 heteroatoms. The summed E-state index contributed by atoms with van der Waals surface area (Å²) < 4.78 is 22.4. The van der Waals surface area contributed by atoms with Crippen LogP contribution in [0.2, 0.25) is 0 Å². The molecule has 4 heterocycles. The fourth-order valence-electron chi connectivity index (χ4n) is 5.70. The van der Waals surface area contributed by atoms with Crippen LogP contribution in [0.25, 0.3) is 32.9 Å². The van der Waals surface area contributed by atoms with E-state index in [0.717, 1.165) is 36.7 Å². The second kappa shape index (κ2) is 9.39. The van der Waals surface area contributed by atoms with Gasteiger partial charge in [-0.1, -0.05) is 24.3 Å². The highest BCUT2D eigenvalue weighted by molar-refractivity contribution is 5.99. The van der Waals surface area contributed by atoms with Gasteiger partial charge in [-0.2, -0.15) is 9.97 Å². The van der Waals surface area contributed by atoms with Crippen molar-refractivity contribution in [2.75, 3.05) is 38.6 Å². The van der Waals surface area contributed by atoms with Crippen molar-refractivity contribution in [1.82, 2.24) is 25.2 Å². The Morgan fingerprint density at radius 3 is 2.65 bits per heavy atom. The smallest absolute Gasteiger partial charge is 0.319 e. The van der Waals surface area contributed by atoms with E-state index < -0.39 is 5.82 Å². The van der Waals surface area contributed by atoms with Crippen LogP contribution in [0.15, 0.2) is 42.6 Å². The van der Waals surface area contributed by atoms with E-state index in [9.17, 15) is 5.11 Å². The summed E-state index contributed by atoms with van der Waals surface area (Å²) in [4.78, 5) is 18.1. The number of rotatable bonds is 6. The van der Waals surface area contributed by atoms with Crippen LogP contribution in [-0.4, -0.2) is 76.9 Å². The molecule has 0 radical (unpaired) electrons. The zero-order valence-electron chi connectivity index (χ0n) is 21.3. The molecule has 2 aliphatic rings. The normalized spacial score (nSPS) is 20.2. The monoisotopic (exact) mass is 502 g/mol. The number of hydrogen-bond acceptors (Lipinski definition) is 8. The maximum atomic E-state index is 16.3. The molecule has 4 aromatic rings. The van der Waals surface area contributed by atoms with E-state index in [4.69, 9.17) is 9.72 Å². The molecule has 2 bridgehead atoms. The second-order valence-electron chi connectivity index (χ2n) is 10.5. The van der Waals surface area contributed by atoms with Crippen LogP contribution in [0.3, 0.4) is 0 Å². The first-order chi connectivity index (χ1) is 17.9. The molecule has 2 saturated heterocycles. The van der Waals surface area contributed by atoms with Crippen LogP contribution in [0.4, 0.5) is 10.2 Å². The van der Waals surface area contributed by atoms with Crippen LogP contribution < -0.4 is 15.0 Å². The second-order valence-corrected chi connectivity index (χ2v) is 10.5. The van der Waals surface area contributed by atoms with E-state index >= 15 is 4.39 Å². The third-order valence-electron chi connectivity index (χ3n) is 7.19.